The number of carboxylic acids is 1. The monoisotopic (exact) mass is 329 g/mol. The van der Waals surface area contributed by atoms with E-state index in [4.69, 9.17) is 4.74 Å². The fourth-order valence-corrected chi connectivity index (χ4v) is 3.09. The summed E-state index contributed by atoms with van der Waals surface area (Å²) in [5.74, 6) is -0.628. The first-order valence-corrected chi connectivity index (χ1v) is 8.21. The van der Waals surface area contributed by atoms with Crippen LogP contribution < -0.4 is 9.84 Å². The molecular formula is C18H21N2O4-. The largest absolute Gasteiger partial charge is 0.550 e. The standard InChI is InChI=1S/C18H22N2O4/c21-14(11-20-9-6-13(7-10-20)18(22)23)12-24-17-5-1-4-16-15(17)3-2-8-19-16/h1-5,8,13-14,21H,6-7,9-12H2,(H,22,23)/p-1. The van der Waals surface area contributed by atoms with Crippen LogP contribution in [-0.2, 0) is 4.79 Å². The Morgan fingerprint density at radius 2 is 2.12 bits per heavy atom. The summed E-state index contributed by atoms with van der Waals surface area (Å²) < 4.78 is 5.76. The smallest absolute Gasteiger partial charge is 0.128 e. The van der Waals surface area contributed by atoms with Gasteiger partial charge in [-0.1, -0.05) is 6.07 Å². The summed E-state index contributed by atoms with van der Waals surface area (Å²) in [6.07, 6.45) is 2.25. The van der Waals surface area contributed by atoms with Crippen molar-refractivity contribution in [1.82, 2.24) is 9.88 Å². The number of aliphatic hydroxyl groups is 1. The minimum absolute atomic E-state index is 0.189. The lowest BCUT2D eigenvalue weighted by Gasteiger charge is -2.33. The summed E-state index contributed by atoms with van der Waals surface area (Å²) in [4.78, 5) is 17.2. The highest BCUT2D eigenvalue weighted by Gasteiger charge is 2.21. The fourth-order valence-electron chi connectivity index (χ4n) is 3.09. The van der Waals surface area contributed by atoms with Crippen molar-refractivity contribution in [3.63, 3.8) is 0 Å². The van der Waals surface area contributed by atoms with Crippen molar-refractivity contribution >= 4 is 16.9 Å². The summed E-state index contributed by atoms with van der Waals surface area (Å²) in [7, 11) is 0. The zero-order chi connectivity index (χ0) is 16.9. The molecule has 2 heterocycles. The number of fused-ring (bicyclic) bond motifs is 1. The van der Waals surface area contributed by atoms with Crippen LogP contribution in [-0.4, -0.2) is 53.3 Å². The van der Waals surface area contributed by atoms with Crippen LogP contribution in [0.2, 0.25) is 0 Å². The van der Waals surface area contributed by atoms with Crippen LogP contribution in [0.3, 0.4) is 0 Å². The highest BCUT2D eigenvalue weighted by atomic mass is 16.5. The van der Waals surface area contributed by atoms with Crippen molar-refractivity contribution in [2.75, 3.05) is 26.2 Å². The first-order valence-electron chi connectivity index (χ1n) is 8.21. The summed E-state index contributed by atoms with van der Waals surface area (Å²) in [5, 5.41) is 22.0. The molecule has 1 saturated heterocycles. The zero-order valence-corrected chi connectivity index (χ0v) is 13.4. The number of aliphatic carboxylic acids is 1. The molecule has 0 aliphatic carbocycles. The number of aliphatic hydroxyl groups excluding tert-OH is 1. The number of hydrogen-bond donors (Lipinski definition) is 1. The van der Waals surface area contributed by atoms with E-state index in [-0.39, 0.29) is 12.5 Å². The Balaban J connectivity index is 1.51. The Morgan fingerprint density at radius 3 is 2.88 bits per heavy atom. The van der Waals surface area contributed by atoms with Gasteiger partial charge >= 0.3 is 0 Å². The van der Waals surface area contributed by atoms with E-state index < -0.39 is 12.1 Å². The van der Waals surface area contributed by atoms with Gasteiger partial charge in [0.1, 0.15) is 18.5 Å². The normalized spacial score (nSPS) is 17.7. The summed E-state index contributed by atoms with van der Waals surface area (Å²) in [6.45, 7) is 1.99. The highest BCUT2D eigenvalue weighted by Crippen LogP contribution is 2.24. The molecule has 1 aliphatic heterocycles. The average Bonchev–Trinajstić information content (AvgIpc) is 2.60. The van der Waals surface area contributed by atoms with Crippen LogP contribution in [0.5, 0.6) is 5.75 Å². The van der Waals surface area contributed by atoms with Crippen LogP contribution in [0.25, 0.3) is 10.9 Å². The topological polar surface area (TPSA) is 85.7 Å². The second kappa shape index (κ2) is 7.59. The number of likely N-dealkylation sites (tertiary alicyclic amines) is 1. The lowest BCUT2D eigenvalue weighted by molar-refractivity contribution is -0.312. The molecule has 0 saturated carbocycles. The van der Waals surface area contributed by atoms with Gasteiger partial charge in [0.25, 0.3) is 0 Å². The number of carbonyl (C=O) groups excluding carboxylic acids is 1. The van der Waals surface area contributed by atoms with Crippen molar-refractivity contribution in [1.29, 1.82) is 0 Å². The summed E-state index contributed by atoms with van der Waals surface area (Å²) >= 11 is 0. The number of piperidine rings is 1. The number of nitrogens with zero attached hydrogens (tertiary/aromatic N) is 2. The molecule has 1 N–H and O–H groups in total. The summed E-state index contributed by atoms with van der Waals surface area (Å²) in [6, 6.07) is 9.45. The Labute approximate surface area is 140 Å². The number of aromatic nitrogens is 1. The lowest BCUT2D eigenvalue weighted by Crippen LogP contribution is -2.44. The molecule has 1 unspecified atom stereocenters. The number of hydrogen-bond acceptors (Lipinski definition) is 6. The SMILES string of the molecule is O=C([O-])C1CCN(CC(O)COc2cccc3ncccc23)CC1. The number of carbonyl (C=O) groups is 1. The van der Waals surface area contributed by atoms with E-state index in [1.165, 1.54) is 0 Å². The molecule has 0 amide bonds. The Kier molecular flexibility index (Phi) is 5.27. The van der Waals surface area contributed by atoms with Gasteiger partial charge in [0.05, 0.1) is 5.52 Å². The van der Waals surface area contributed by atoms with Crippen LogP contribution in [0.1, 0.15) is 12.8 Å². The van der Waals surface area contributed by atoms with E-state index in [0.717, 1.165) is 10.9 Å². The number of pyridine rings is 1. The van der Waals surface area contributed by atoms with Crippen molar-refractivity contribution in [2.45, 2.75) is 18.9 Å². The first-order chi connectivity index (χ1) is 11.6. The predicted molar refractivity (Wildman–Crippen MR) is 87.4 cm³/mol. The Hall–Kier alpha value is -2.18. The average molecular weight is 329 g/mol. The Bertz CT molecular complexity index is 693. The van der Waals surface area contributed by atoms with Gasteiger partial charge in [0.15, 0.2) is 0 Å². The number of carboxylic acid groups (broad SMARTS) is 1. The Morgan fingerprint density at radius 1 is 1.33 bits per heavy atom. The molecule has 24 heavy (non-hydrogen) atoms. The fraction of sp³-hybridized carbons (Fsp3) is 0.444. The highest BCUT2D eigenvalue weighted by molar-refractivity contribution is 5.84. The molecule has 1 aromatic heterocycles. The number of rotatable bonds is 6. The van der Waals surface area contributed by atoms with Crippen molar-refractivity contribution in [2.24, 2.45) is 5.92 Å². The molecule has 1 aliphatic rings. The second-order valence-electron chi connectivity index (χ2n) is 6.18. The lowest BCUT2D eigenvalue weighted by atomic mass is 9.97. The van der Waals surface area contributed by atoms with E-state index in [9.17, 15) is 15.0 Å². The third-order valence-electron chi connectivity index (χ3n) is 4.43. The minimum Gasteiger partial charge on any atom is -0.550 e. The molecule has 3 rings (SSSR count). The van der Waals surface area contributed by atoms with Crippen LogP contribution >= 0.6 is 0 Å². The van der Waals surface area contributed by atoms with Gasteiger partial charge in [-0.15, -0.1) is 0 Å². The van der Waals surface area contributed by atoms with E-state index >= 15 is 0 Å². The van der Waals surface area contributed by atoms with Crippen molar-refractivity contribution < 1.29 is 19.7 Å². The van der Waals surface area contributed by atoms with E-state index in [2.05, 4.69) is 9.88 Å². The third kappa shape index (κ3) is 4.01. The van der Waals surface area contributed by atoms with Crippen LogP contribution in [0.15, 0.2) is 36.5 Å². The molecule has 128 valence electrons. The van der Waals surface area contributed by atoms with Crippen molar-refractivity contribution in [3.8, 4) is 5.75 Å². The molecule has 6 nitrogen and oxygen atoms in total. The predicted octanol–water partition coefficient (Wildman–Crippen LogP) is 0.436. The molecule has 2 aromatic rings. The summed E-state index contributed by atoms with van der Waals surface area (Å²) in [5.41, 5.74) is 0.855. The van der Waals surface area contributed by atoms with Gasteiger partial charge in [0, 0.05) is 30.0 Å². The maximum Gasteiger partial charge on any atom is 0.128 e. The molecule has 0 spiro atoms. The number of β-amino-alcohol motifs (C(OH)–C–C–N with tert-alkyl or cyclic N) is 1. The number of ether oxygens (including phenoxy) is 1. The minimum atomic E-state index is -0.969. The van der Waals surface area contributed by atoms with Gasteiger partial charge in [-0.05, 0) is 50.2 Å². The molecule has 1 aromatic carbocycles. The van der Waals surface area contributed by atoms with E-state index in [1.54, 1.807) is 6.20 Å². The molecule has 0 radical (unpaired) electrons. The molecular weight excluding hydrogens is 308 g/mol. The van der Waals surface area contributed by atoms with Gasteiger partial charge in [0.2, 0.25) is 0 Å². The van der Waals surface area contributed by atoms with Gasteiger partial charge < -0.3 is 24.6 Å². The first kappa shape index (κ1) is 16.7. The van der Waals surface area contributed by atoms with E-state index in [0.29, 0.717) is 38.2 Å². The molecule has 1 fully saturated rings. The van der Waals surface area contributed by atoms with E-state index in [1.807, 2.05) is 30.3 Å². The second-order valence-corrected chi connectivity index (χ2v) is 6.18. The van der Waals surface area contributed by atoms with Gasteiger partial charge in [-0.3, -0.25) is 4.98 Å². The molecule has 6 heteroatoms. The van der Waals surface area contributed by atoms with Crippen LogP contribution in [0.4, 0.5) is 0 Å². The molecule has 0 bridgehead atoms. The van der Waals surface area contributed by atoms with Crippen molar-refractivity contribution in [3.05, 3.63) is 36.5 Å². The zero-order valence-electron chi connectivity index (χ0n) is 13.4. The van der Waals surface area contributed by atoms with Crippen LogP contribution in [0, 0.1) is 5.92 Å². The van der Waals surface area contributed by atoms with Gasteiger partial charge in [-0.2, -0.15) is 0 Å². The number of benzene rings is 1. The molecule has 1 atom stereocenters. The third-order valence-corrected chi connectivity index (χ3v) is 4.43. The quantitative estimate of drug-likeness (QED) is 0.827. The maximum absolute atomic E-state index is 10.8. The maximum atomic E-state index is 10.8. The van der Waals surface area contributed by atoms with Gasteiger partial charge in [-0.25, -0.2) is 0 Å².